The van der Waals surface area contributed by atoms with Gasteiger partial charge in [0.1, 0.15) is 44.9 Å². The van der Waals surface area contributed by atoms with E-state index in [4.69, 9.17) is 42.1 Å². The van der Waals surface area contributed by atoms with Crippen molar-refractivity contribution in [3.8, 4) is 23.0 Å². The molecule has 0 saturated carbocycles. The van der Waals surface area contributed by atoms with E-state index >= 15 is 0 Å². The summed E-state index contributed by atoms with van der Waals surface area (Å²) >= 11 is 14.6. The number of rotatable bonds is 16. The monoisotopic (exact) mass is 1170 g/mol. The van der Waals surface area contributed by atoms with Gasteiger partial charge in [0.25, 0.3) is 0 Å². The number of anilines is 2. The van der Waals surface area contributed by atoms with Crippen LogP contribution in [0.4, 0.5) is 37.5 Å². The van der Waals surface area contributed by atoms with Gasteiger partial charge in [-0.25, -0.2) is 14.8 Å². The predicted octanol–water partition coefficient (Wildman–Crippen LogP) is 12.8. The second-order valence-electron chi connectivity index (χ2n) is 14.9. The molecule has 0 saturated heterocycles. The number of halogens is 9. The molecule has 6 rings (SSSR count). The quantitative estimate of drug-likeness (QED) is 0.0301. The number of hydrogen-bond donors (Lipinski definition) is 0. The van der Waals surface area contributed by atoms with Crippen molar-refractivity contribution >= 4 is 73.6 Å². The molecular weight excluding hydrogens is 1120 g/mol. The lowest BCUT2D eigenvalue weighted by molar-refractivity contribution is -0.157. The zero-order chi connectivity index (χ0) is 52.0. The molecule has 4 aromatic carbocycles. The maximum atomic E-state index is 13.3. The number of ether oxygens (including phenoxy) is 5. The first-order valence-electron chi connectivity index (χ1n) is 20.4. The summed E-state index contributed by atoms with van der Waals surface area (Å²) in [5, 5.41) is -5.14. The molecule has 71 heavy (non-hydrogen) atoms. The van der Waals surface area contributed by atoms with Crippen LogP contribution in [0.1, 0.15) is 46.4 Å². The molecule has 12 nitrogen and oxygen atoms in total. The first-order chi connectivity index (χ1) is 32.9. The van der Waals surface area contributed by atoms with Gasteiger partial charge in [0.15, 0.2) is 0 Å². The molecule has 0 unspecified atom stereocenters. The van der Waals surface area contributed by atoms with E-state index in [0.29, 0.717) is 44.3 Å². The van der Waals surface area contributed by atoms with Gasteiger partial charge in [0.2, 0.25) is 0 Å². The number of hydrogen-bond acceptors (Lipinski definition) is 12. The third kappa shape index (κ3) is 17.0. The minimum atomic E-state index is -6.22. The lowest BCUT2D eigenvalue weighted by Gasteiger charge is -2.26. The third-order valence-electron chi connectivity index (χ3n) is 10.0. The van der Waals surface area contributed by atoms with E-state index in [0.717, 1.165) is 49.1 Å². The molecular formula is C49H51Cl2F6IN4O8S. The van der Waals surface area contributed by atoms with Gasteiger partial charge in [-0.1, -0.05) is 83.0 Å². The van der Waals surface area contributed by atoms with Crippen molar-refractivity contribution in [1.82, 2.24) is 9.97 Å². The molecule has 6 aromatic rings. The topological polar surface area (TPSA) is 130 Å². The van der Waals surface area contributed by atoms with Crippen LogP contribution in [0.3, 0.4) is 0 Å². The number of alkyl halides is 5. The molecule has 0 aliphatic heterocycles. The molecule has 0 amide bonds. The molecule has 0 radical (unpaired) electrons. The third-order valence-corrected chi connectivity index (χ3v) is 13.0. The highest BCUT2D eigenvalue weighted by Crippen LogP contribution is 2.38. The Morgan fingerprint density at radius 2 is 0.873 bits per heavy atom. The summed E-state index contributed by atoms with van der Waals surface area (Å²) in [5.41, 5.74) is 4.47. The first kappa shape index (κ1) is 59.6. The van der Waals surface area contributed by atoms with Crippen molar-refractivity contribution in [2.75, 3.05) is 45.3 Å². The van der Waals surface area contributed by atoms with Gasteiger partial charge in [-0.3, -0.25) is 0 Å². The minimum absolute atomic E-state index is 0. The Balaban J connectivity index is 0.000000308. The summed E-state index contributed by atoms with van der Waals surface area (Å²) in [5.74, 6) is 1.90. The molecule has 384 valence electrons. The van der Waals surface area contributed by atoms with Crippen LogP contribution in [0.15, 0.2) is 109 Å². The van der Waals surface area contributed by atoms with E-state index in [9.17, 15) is 39.1 Å². The van der Waals surface area contributed by atoms with Crippen molar-refractivity contribution < 1.29 is 62.7 Å². The Kier molecular flexibility index (Phi) is 22.4. The highest BCUT2D eigenvalue weighted by Gasteiger charge is 2.55. The van der Waals surface area contributed by atoms with Crippen molar-refractivity contribution in [3.05, 3.63) is 162 Å². The molecule has 22 heteroatoms. The van der Waals surface area contributed by atoms with Crippen LogP contribution in [0, 0.1) is 17.4 Å². The number of aromatic nitrogens is 2. The second-order valence-corrected chi connectivity index (χ2v) is 18.1. The van der Waals surface area contributed by atoms with E-state index in [2.05, 4.69) is 79.5 Å². The van der Waals surface area contributed by atoms with Crippen LogP contribution < -0.4 is 28.7 Å². The Bertz CT molecular complexity index is 2640. The fourth-order valence-corrected chi connectivity index (χ4v) is 7.48. The highest BCUT2D eigenvalue weighted by molar-refractivity contribution is 14.1. The lowest BCUT2D eigenvalue weighted by atomic mass is 10.1. The fraction of sp³-hybridized carbons (Fsp3) is 0.286. The van der Waals surface area contributed by atoms with Crippen LogP contribution >= 0.6 is 45.8 Å². The number of nitrogens with zero attached hydrogens (tertiary/aromatic N) is 4. The van der Waals surface area contributed by atoms with Gasteiger partial charge >= 0.3 is 27.6 Å². The Morgan fingerprint density at radius 1 is 0.577 bits per heavy atom. The zero-order valence-electron chi connectivity index (χ0n) is 38.6. The number of carbonyl (C=O) groups is 1. The van der Waals surface area contributed by atoms with Crippen molar-refractivity contribution in [3.63, 3.8) is 0 Å². The highest BCUT2D eigenvalue weighted by atomic mass is 127. The van der Waals surface area contributed by atoms with E-state index in [1.807, 2.05) is 77.7 Å². The van der Waals surface area contributed by atoms with Crippen LogP contribution in [0.5, 0.6) is 23.0 Å². The average Bonchev–Trinajstić information content (AvgIpc) is 3.32. The minimum Gasteiger partial charge on any atom is -0.497 e. The summed E-state index contributed by atoms with van der Waals surface area (Å²) in [7, 11) is 0.808. The maximum absolute atomic E-state index is 13.3. The molecule has 0 aliphatic rings. The Hall–Kier alpha value is -5.71. The lowest BCUT2D eigenvalue weighted by Crippen LogP contribution is -2.36. The summed E-state index contributed by atoms with van der Waals surface area (Å²) < 4.78 is 120. The second kappa shape index (κ2) is 26.7. The van der Waals surface area contributed by atoms with Gasteiger partial charge in [-0.2, -0.15) is 30.4 Å². The Morgan fingerprint density at radius 3 is 1.10 bits per heavy atom. The van der Waals surface area contributed by atoms with E-state index in [-0.39, 0.29) is 13.0 Å². The van der Waals surface area contributed by atoms with E-state index < -0.39 is 38.3 Å². The van der Waals surface area contributed by atoms with Gasteiger partial charge < -0.3 is 33.5 Å². The van der Waals surface area contributed by atoms with E-state index in [1.165, 1.54) is 24.1 Å². The molecule has 0 bridgehead atoms. The number of esters is 1. The van der Waals surface area contributed by atoms with Crippen LogP contribution in [-0.4, -0.2) is 65.2 Å². The van der Waals surface area contributed by atoms with Crippen LogP contribution in [0.2, 0.25) is 10.3 Å². The summed E-state index contributed by atoms with van der Waals surface area (Å²) in [6, 6.07) is 34.6. The van der Waals surface area contributed by atoms with Crippen LogP contribution in [0.25, 0.3) is 0 Å². The molecule has 0 fully saturated rings. The molecule has 2 aromatic heterocycles. The molecule has 0 N–H and O–H groups in total. The SMILES string of the molecule is C.COC(=O)C(F)(F)S(=O)(=O)F.COc1ccc(CN(Cc2ccc(OC)cc2)c2cc(C)c(C(F)(F)F)c(Cl)n2)cc1.COc1ccc(CN(Cc2ccc(OC)cc2)c2cc(C)c(I)c(Cl)n2)cc1. The average molecular weight is 1170 g/mol. The molecule has 0 spiro atoms. The molecule has 0 aliphatic carbocycles. The first-order valence-corrected chi connectivity index (χ1v) is 23.6. The van der Waals surface area contributed by atoms with Crippen molar-refractivity contribution in [1.29, 1.82) is 0 Å². The number of methoxy groups -OCH3 is 5. The van der Waals surface area contributed by atoms with Crippen molar-refractivity contribution in [2.24, 2.45) is 0 Å². The summed E-state index contributed by atoms with van der Waals surface area (Å²) in [6.07, 6.45) is -4.57. The summed E-state index contributed by atoms with van der Waals surface area (Å²) in [6.45, 7) is 5.70. The fourth-order valence-electron chi connectivity index (χ4n) is 6.34. The predicted molar refractivity (Wildman–Crippen MR) is 271 cm³/mol. The Labute approximate surface area is 433 Å². The van der Waals surface area contributed by atoms with Crippen LogP contribution in [-0.2, 0) is 52.1 Å². The number of aryl methyl sites for hydroxylation is 2. The number of benzene rings is 4. The number of pyridine rings is 2. The maximum Gasteiger partial charge on any atom is 0.470 e. The summed E-state index contributed by atoms with van der Waals surface area (Å²) in [4.78, 5) is 22.7. The van der Waals surface area contributed by atoms with Gasteiger partial charge in [-0.15, -0.1) is 0 Å². The molecule has 2 heterocycles. The van der Waals surface area contributed by atoms with Gasteiger partial charge in [-0.05, 0) is 130 Å². The number of carbonyl (C=O) groups excluding carboxylic acids is 1. The zero-order valence-corrected chi connectivity index (χ0v) is 43.1. The van der Waals surface area contributed by atoms with Gasteiger partial charge in [0.05, 0.1) is 44.7 Å². The van der Waals surface area contributed by atoms with E-state index in [1.54, 1.807) is 28.4 Å². The molecule has 0 atom stereocenters. The normalized spacial score (nSPS) is 11.1. The standard InChI is InChI=1S/C23H22ClF3N2O2.C22H22ClIN2O2.C3H3F3O4S.CH4/c1-15-12-20(28-22(24)21(15)23(25,26)27)29(13-16-4-8-18(30-2)9-5-16)14-17-6-10-19(31-3)11-7-17;1-15-12-20(25-22(23)21(15)24)26(13-16-4-8-18(27-2)9-5-16)14-17-6-10-19(28-3)11-7-17;1-10-2(7)3(4,5)11(6,8)9;/h4-12H,13-14H2,1-3H3;4-12H,13-14H2,1-3H3;1H3;1H4. The van der Waals surface area contributed by atoms with Gasteiger partial charge in [0, 0.05) is 26.2 Å². The van der Waals surface area contributed by atoms with Crippen molar-refractivity contribution in [2.45, 2.75) is 58.9 Å². The largest absolute Gasteiger partial charge is 0.497 e. The smallest absolute Gasteiger partial charge is 0.470 e.